The third-order valence-corrected chi connectivity index (χ3v) is 4.70. The minimum atomic E-state index is 0. The van der Waals surface area contributed by atoms with E-state index in [0.717, 1.165) is 13.2 Å². The van der Waals surface area contributed by atoms with Crippen molar-refractivity contribution in [1.82, 2.24) is 13.4 Å². The van der Waals surface area contributed by atoms with Crippen molar-refractivity contribution in [2.24, 2.45) is 0 Å². The maximum absolute atomic E-state index is 3.62. The SMILES string of the molecule is Cc1ccc(CN[C@H]2N(C)CN(I)[NH+]2C)cc1C.[I-]. The van der Waals surface area contributed by atoms with Gasteiger partial charge in [-0.2, -0.15) is 0 Å². The van der Waals surface area contributed by atoms with Crippen LogP contribution >= 0.6 is 22.9 Å². The van der Waals surface area contributed by atoms with Gasteiger partial charge in [0.2, 0.25) is 6.29 Å². The Morgan fingerprint density at radius 3 is 2.58 bits per heavy atom. The Morgan fingerprint density at radius 2 is 2.05 bits per heavy atom. The van der Waals surface area contributed by atoms with Crippen molar-refractivity contribution in [3.8, 4) is 0 Å². The maximum Gasteiger partial charge on any atom is 0.220 e. The monoisotopic (exact) mass is 488 g/mol. The van der Waals surface area contributed by atoms with Crippen LogP contribution in [-0.2, 0) is 6.54 Å². The maximum atomic E-state index is 3.62. The van der Waals surface area contributed by atoms with Crippen molar-refractivity contribution in [3.63, 3.8) is 0 Å². The normalized spacial score (nSPS) is 24.5. The molecule has 108 valence electrons. The molecule has 0 aliphatic carbocycles. The van der Waals surface area contributed by atoms with Crippen LogP contribution in [0.3, 0.4) is 0 Å². The predicted octanol–water partition coefficient (Wildman–Crippen LogP) is -2.33. The van der Waals surface area contributed by atoms with E-state index in [0.29, 0.717) is 6.29 Å². The first kappa shape index (κ1) is 17.6. The molecule has 1 unspecified atom stereocenters. The molecular formula is C13H22I2N4. The first-order valence-electron chi connectivity index (χ1n) is 6.25. The van der Waals surface area contributed by atoms with Gasteiger partial charge in [0.15, 0.2) is 0 Å². The van der Waals surface area contributed by atoms with E-state index < -0.39 is 0 Å². The summed E-state index contributed by atoms with van der Waals surface area (Å²) in [4.78, 5) is 2.32. The van der Waals surface area contributed by atoms with E-state index in [1.807, 2.05) is 0 Å². The lowest BCUT2D eigenvalue weighted by Gasteiger charge is -2.22. The summed E-state index contributed by atoms with van der Waals surface area (Å²) in [5, 5.41) is 4.99. The number of halogens is 2. The highest BCUT2D eigenvalue weighted by molar-refractivity contribution is 14.1. The van der Waals surface area contributed by atoms with E-state index in [1.54, 1.807) is 0 Å². The van der Waals surface area contributed by atoms with Crippen LogP contribution < -0.4 is 34.3 Å². The van der Waals surface area contributed by atoms with Gasteiger partial charge in [0.1, 0.15) is 6.67 Å². The minimum absolute atomic E-state index is 0. The number of aryl methyl sites for hydroxylation is 2. The summed E-state index contributed by atoms with van der Waals surface area (Å²) < 4.78 is 2.26. The third-order valence-electron chi connectivity index (χ3n) is 3.64. The number of quaternary nitrogens is 1. The van der Waals surface area contributed by atoms with E-state index in [1.165, 1.54) is 21.7 Å². The zero-order chi connectivity index (χ0) is 13.3. The van der Waals surface area contributed by atoms with Crippen molar-refractivity contribution >= 4 is 22.9 Å². The summed E-state index contributed by atoms with van der Waals surface area (Å²) in [6, 6.07) is 6.68. The molecule has 19 heavy (non-hydrogen) atoms. The fourth-order valence-corrected chi connectivity index (χ4v) is 3.02. The van der Waals surface area contributed by atoms with Crippen molar-refractivity contribution < 1.29 is 29.0 Å². The standard InChI is InChI=1S/C13H21IN4.HI/c1-10-5-6-12(7-11(10)2)8-15-13-16(3)9-18(14)17(13)4;/h5-7,13,15H,8-9H2,1-4H3;1H/t13-;/m0./s1. The Hall–Kier alpha value is 0.520. The molecule has 0 aromatic heterocycles. The van der Waals surface area contributed by atoms with Crippen molar-refractivity contribution in [1.29, 1.82) is 0 Å². The number of hydrogen-bond donors (Lipinski definition) is 2. The van der Waals surface area contributed by atoms with Gasteiger partial charge in [-0.3, -0.25) is 0 Å². The molecule has 0 bridgehead atoms. The molecule has 1 aromatic rings. The molecule has 2 N–H and O–H groups in total. The first-order valence-corrected chi connectivity index (χ1v) is 7.22. The Bertz CT molecular complexity index is 427. The van der Waals surface area contributed by atoms with Crippen molar-refractivity contribution in [2.75, 3.05) is 20.8 Å². The van der Waals surface area contributed by atoms with Crippen molar-refractivity contribution in [3.05, 3.63) is 34.9 Å². The summed E-state index contributed by atoms with van der Waals surface area (Å²) in [6.45, 7) is 6.22. The number of nitrogens with one attached hydrogen (secondary N) is 2. The van der Waals surface area contributed by atoms with Crippen LogP contribution in [0.1, 0.15) is 16.7 Å². The van der Waals surface area contributed by atoms with Crippen LogP contribution in [0, 0.1) is 13.8 Å². The molecule has 2 atom stereocenters. The summed E-state index contributed by atoms with van der Waals surface area (Å²) in [5.41, 5.74) is 4.08. The van der Waals surface area contributed by atoms with Crippen LogP contribution in [-0.4, -0.2) is 35.2 Å². The smallest absolute Gasteiger partial charge is 0.220 e. The van der Waals surface area contributed by atoms with E-state index in [2.05, 4.69) is 82.4 Å². The van der Waals surface area contributed by atoms with Gasteiger partial charge in [-0.15, -0.1) is 0 Å². The fraction of sp³-hybridized carbons (Fsp3) is 0.538. The highest BCUT2D eigenvalue weighted by Gasteiger charge is 2.35. The van der Waals surface area contributed by atoms with Gasteiger partial charge in [-0.25, -0.2) is 15.2 Å². The molecule has 4 nitrogen and oxygen atoms in total. The van der Waals surface area contributed by atoms with E-state index in [-0.39, 0.29) is 24.0 Å². The third kappa shape index (κ3) is 4.24. The van der Waals surface area contributed by atoms with Crippen LogP contribution in [0.15, 0.2) is 18.2 Å². The average molecular weight is 488 g/mol. The summed E-state index contributed by atoms with van der Waals surface area (Å²) in [6.07, 6.45) is 0.350. The lowest BCUT2D eigenvalue weighted by molar-refractivity contribution is -0.984. The molecule has 2 rings (SSSR count). The molecule has 1 saturated heterocycles. The lowest BCUT2D eigenvalue weighted by atomic mass is 10.1. The second kappa shape index (κ2) is 7.51. The van der Waals surface area contributed by atoms with Crippen LogP contribution in [0.4, 0.5) is 0 Å². The summed E-state index contributed by atoms with van der Waals surface area (Å²) >= 11 is 2.37. The van der Waals surface area contributed by atoms with Gasteiger partial charge in [-0.05, 0) is 37.6 Å². The van der Waals surface area contributed by atoms with Crippen LogP contribution in [0.2, 0.25) is 0 Å². The van der Waals surface area contributed by atoms with E-state index >= 15 is 0 Å². The zero-order valence-corrected chi connectivity index (χ0v) is 16.2. The molecule has 1 aromatic carbocycles. The Kier molecular flexibility index (Phi) is 6.94. The van der Waals surface area contributed by atoms with Gasteiger partial charge in [0.05, 0.1) is 29.9 Å². The fourth-order valence-electron chi connectivity index (χ4n) is 2.27. The summed E-state index contributed by atoms with van der Waals surface area (Å²) in [7, 11) is 4.34. The van der Waals surface area contributed by atoms with E-state index in [9.17, 15) is 0 Å². The number of rotatable bonds is 3. The largest absolute Gasteiger partial charge is 1.00 e. The molecule has 1 aliphatic rings. The van der Waals surface area contributed by atoms with Gasteiger partial charge in [-0.1, -0.05) is 21.4 Å². The Morgan fingerprint density at radius 1 is 1.37 bits per heavy atom. The minimum Gasteiger partial charge on any atom is -1.00 e. The molecule has 0 amide bonds. The molecule has 6 heteroatoms. The van der Waals surface area contributed by atoms with Gasteiger partial charge in [0.25, 0.3) is 0 Å². The zero-order valence-electron chi connectivity index (χ0n) is 11.9. The molecule has 0 spiro atoms. The van der Waals surface area contributed by atoms with Crippen molar-refractivity contribution in [2.45, 2.75) is 26.7 Å². The van der Waals surface area contributed by atoms with Gasteiger partial charge >= 0.3 is 0 Å². The predicted molar refractivity (Wildman–Crippen MR) is 81.9 cm³/mol. The molecule has 0 radical (unpaired) electrons. The second-order valence-electron chi connectivity index (χ2n) is 5.10. The first-order chi connectivity index (χ1) is 8.49. The number of nitrogens with zero attached hydrogens (tertiary/aromatic N) is 2. The molecular weight excluding hydrogens is 466 g/mol. The van der Waals surface area contributed by atoms with Crippen LogP contribution in [0.25, 0.3) is 0 Å². The van der Waals surface area contributed by atoms with Gasteiger partial charge < -0.3 is 24.0 Å². The highest BCUT2D eigenvalue weighted by atomic mass is 127. The average Bonchev–Trinajstić information content (AvgIpc) is 2.56. The quantitative estimate of drug-likeness (QED) is 0.369. The van der Waals surface area contributed by atoms with Crippen LogP contribution in [0.5, 0.6) is 0 Å². The number of benzene rings is 1. The molecule has 1 heterocycles. The van der Waals surface area contributed by atoms with Gasteiger partial charge in [0, 0.05) is 6.54 Å². The van der Waals surface area contributed by atoms with E-state index in [4.69, 9.17) is 0 Å². The Balaban J connectivity index is 0.00000180. The second-order valence-corrected chi connectivity index (χ2v) is 6.27. The Labute approximate surface area is 147 Å². The molecule has 1 aliphatic heterocycles. The lowest BCUT2D eigenvalue weighted by Crippen LogP contribution is -3.17. The number of hydrogen-bond acceptors (Lipinski definition) is 3. The molecule has 0 saturated carbocycles. The summed E-state index contributed by atoms with van der Waals surface area (Å²) in [5.74, 6) is 0. The highest BCUT2D eigenvalue weighted by Crippen LogP contribution is 2.10. The molecule has 1 fully saturated rings. The topological polar surface area (TPSA) is 22.9 Å².